The second-order valence-corrected chi connectivity index (χ2v) is 11.1. The average Bonchev–Trinajstić information content (AvgIpc) is 3.35. The summed E-state index contributed by atoms with van der Waals surface area (Å²) < 4.78 is 0. The fraction of sp³-hybridized carbons (Fsp3) is 0.355. The third-order valence-electron chi connectivity index (χ3n) is 7.28. The van der Waals surface area contributed by atoms with Crippen LogP contribution in [0.5, 0.6) is 0 Å². The second-order valence-electron chi connectivity index (χ2n) is 9.82. The monoisotopic (exact) mass is 562 g/mol. The minimum atomic E-state index is -0.182. The number of likely N-dealkylation sites (tertiary alicyclic amines) is 1. The van der Waals surface area contributed by atoms with Gasteiger partial charge in [0.15, 0.2) is 0 Å². The minimum absolute atomic E-state index is 0.0331. The Morgan fingerprint density at radius 1 is 1.15 bits per heavy atom. The first kappa shape index (κ1) is 28.8. The fourth-order valence-corrected chi connectivity index (χ4v) is 5.73. The molecule has 0 bridgehead atoms. The number of amides is 2. The van der Waals surface area contributed by atoms with Crippen molar-refractivity contribution in [2.24, 2.45) is 15.9 Å². The number of halogens is 1. The molecule has 0 unspecified atom stereocenters. The fourth-order valence-electron chi connectivity index (χ4n) is 4.99. The van der Waals surface area contributed by atoms with Crippen LogP contribution in [0.15, 0.2) is 86.3 Å². The highest BCUT2D eigenvalue weighted by Gasteiger charge is 2.31. The first-order chi connectivity index (χ1) is 18.8. The van der Waals surface area contributed by atoms with Crippen LogP contribution in [-0.2, 0) is 16.1 Å². The number of thioether (sulfide) groups is 1. The van der Waals surface area contributed by atoms with E-state index >= 15 is 0 Å². The van der Waals surface area contributed by atoms with Crippen LogP contribution >= 0.6 is 23.4 Å². The highest BCUT2D eigenvalue weighted by molar-refractivity contribution is 7.98. The van der Waals surface area contributed by atoms with E-state index in [2.05, 4.69) is 16.4 Å². The van der Waals surface area contributed by atoms with Crippen molar-refractivity contribution in [2.45, 2.75) is 45.1 Å². The van der Waals surface area contributed by atoms with Gasteiger partial charge in [0.25, 0.3) is 11.8 Å². The average molecular weight is 563 g/mol. The van der Waals surface area contributed by atoms with Gasteiger partial charge in [-0.25, -0.2) is 0 Å². The highest BCUT2D eigenvalue weighted by Crippen LogP contribution is 2.27. The van der Waals surface area contributed by atoms with Crippen molar-refractivity contribution in [3.05, 3.63) is 87.6 Å². The number of hydrogen-bond acceptors (Lipinski definition) is 5. The lowest BCUT2D eigenvalue weighted by atomic mass is 9.91. The quantitative estimate of drug-likeness (QED) is 0.240. The molecule has 0 radical (unpaired) electrons. The number of hydrogen-bond donors (Lipinski definition) is 1. The molecular weight excluding hydrogens is 528 g/mol. The molecule has 8 heteroatoms. The van der Waals surface area contributed by atoms with Crippen LogP contribution in [-0.4, -0.2) is 54.0 Å². The summed E-state index contributed by atoms with van der Waals surface area (Å²) in [5, 5.41) is 3.66. The molecule has 0 saturated carbocycles. The Morgan fingerprint density at radius 2 is 1.85 bits per heavy atom. The van der Waals surface area contributed by atoms with Gasteiger partial charge in [0.05, 0.1) is 17.8 Å². The van der Waals surface area contributed by atoms with E-state index in [-0.39, 0.29) is 17.7 Å². The summed E-state index contributed by atoms with van der Waals surface area (Å²) >= 11 is 7.72. The summed E-state index contributed by atoms with van der Waals surface area (Å²) in [5.41, 5.74) is 5.79. The first-order valence-electron chi connectivity index (χ1n) is 13.2. The molecule has 1 fully saturated rings. The van der Waals surface area contributed by atoms with Crippen LogP contribution in [0.4, 0.5) is 0 Å². The largest absolute Gasteiger partial charge is 0.347 e. The lowest BCUT2D eigenvalue weighted by Crippen LogP contribution is -2.41. The minimum Gasteiger partial charge on any atom is -0.347 e. The number of nitrogens with one attached hydrogen (secondary N) is 1. The van der Waals surface area contributed by atoms with Crippen LogP contribution < -0.4 is 5.32 Å². The summed E-state index contributed by atoms with van der Waals surface area (Å²) in [4.78, 5) is 38.9. The summed E-state index contributed by atoms with van der Waals surface area (Å²) in [6.07, 6.45) is 5.40. The number of carbonyl (C=O) groups is 2. The number of rotatable bonds is 8. The standard InChI is InChI=1S/C31H35ClN4O2S/c1-5-26(30(37)34-19-24-8-6-7-9-27(24)39-4)35-21(3)22-14-16-36(17-15-22)31(38)28-20(2)18-33-29(28)23-10-12-25(32)13-11-23/h5-13,22H,14-19H2,1-4H3,(H,34,37)/b26-5-,35-21+. The lowest BCUT2D eigenvalue weighted by molar-refractivity contribution is -0.127. The highest BCUT2D eigenvalue weighted by atomic mass is 35.5. The van der Waals surface area contributed by atoms with Gasteiger partial charge < -0.3 is 10.2 Å². The van der Waals surface area contributed by atoms with Crippen LogP contribution in [0.25, 0.3) is 0 Å². The Balaban J connectivity index is 1.35. The third kappa shape index (κ3) is 6.89. The molecular formula is C31H35ClN4O2S. The molecule has 1 N–H and O–H groups in total. The molecule has 2 aromatic carbocycles. The van der Waals surface area contributed by atoms with Gasteiger partial charge in [-0.3, -0.25) is 19.6 Å². The van der Waals surface area contributed by atoms with E-state index in [0.717, 1.165) is 45.9 Å². The maximum Gasteiger partial charge on any atom is 0.269 e. The van der Waals surface area contributed by atoms with Crippen molar-refractivity contribution in [3.63, 3.8) is 0 Å². The maximum atomic E-state index is 13.6. The van der Waals surface area contributed by atoms with E-state index in [0.29, 0.717) is 42.5 Å². The van der Waals surface area contributed by atoms with Crippen molar-refractivity contribution < 1.29 is 9.59 Å². The number of allylic oxidation sites excluding steroid dienone is 1. The molecule has 0 atom stereocenters. The van der Waals surface area contributed by atoms with Crippen molar-refractivity contribution in [1.29, 1.82) is 0 Å². The molecule has 2 aromatic rings. The van der Waals surface area contributed by atoms with Gasteiger partial charge in [0, 0.05) is 46.7 Å². The van der Waals surface area contributed by atoms with Gasteiger partial charge in [0.1, 0.15) is 5.70 Å². The zero-order valence-corrected chi connectivity index (χ0v) is 24.5. The van der Waals surface area contributed by atoms with Crippen LogP contribution in [0.1, 0.15) is 44.7 Å². The zero-order valence-electron chi connectivity index (χ0n) is 23.0. The topological polar surface area (TPSA) is 74.1 Å². The molecule has 0 spiro atoms. The van der Waals surface area contributed by atoms with Crippen molar-refractivity contribution in [1.82, 2.24) is 10.2 Å². The predicted molar refractivity (Wildman–Crippen MR) is 162 cm³/mol. The van der Waals surface area contributed by atoms with E-state index in [4.69, 9.17) is 16.6 Å². The maximum absolute atomic E-state index is 13.6. The number of aliphatic imine (C=N–C) groups is 2. The number of piperidine rings is 1. The van der Waals surface area contributed by atoms with Gasteiger partial charge in [0.2, 0.25) is 0 Å². The second kappa shape index (κ2) is 13.3. The summed E-state index contributed by atoms with van der Waals surface area (Å²) in [7, 11) is 0. The SMILES string of the molecule is C/C=C(\N=C(/C)C1CCN(C(=O)C2=C(C)CN=C2c2ccc(Cl)cc2)CC1)C(=O)NCc1ccccc1SC. The number of benzene rings is 2. The normalized spacial score (nSPS) is 16.9. The smallest absolute Gasteiger partial charge is 0.269 e. The van der Waals surface area contributed by atoms with Crippen molar-refractivity contribution in [2.75, 3.05) is 25.9 Å². The third-order valence-corrected chi connectivity index (χ3v) is 8.37. The van der Waals surface area contributed by atoms with Gasteiger partial charge in [-0.2, -0.15) is 0 Å². The summed E-state index contributed by atoms with van der Waals surface area (Å²) in [6, 6.07) is 15.5. The Morgan fingerprint density at radius 3 is 2.51 bits per heavy atom. The first-order valence-corrected chi connectivity index (χ1v) is 14.8. The molecule has 6 nitrogen and oxygen atoms in total. The molecule has 1 saturated heterocycles. The van der Waals surface area contributed by atoms with E-state index in [9.17, 15) is 9.59 Å². The predicted octanol–water partition coefficient (Wildman–Crippen LogP) is 6.10. The molecule has 2 aliphatic rings. The molecule has 0 aromatic heterocycles. The summed E-state index contributed by atoms with van der Waals surface area (Å²) in [5.74, 6) is 0.0703. The van der Waals surface area contributed by atoms with E-state index in [1.807, 2.05) is 74.4 Å². The van der Waals surface area contributed by atoms with Gasteiger partial charge in [-0.1, -0.05) is 48.0 Å². The van der Waals surface area contributed by atoms with Crippen LogP contribution in [0, 0.1) is 5.92 Å². The Labute approximate surface area is 240 Å². The Kier molecular flexibility index (Phi) is 9.81. The molecule has 39 heavy (non-hydrogen) atoms. The van der Waals surface area contributed by atoms with Gasteiger partial charge in [-0.05, 0) is 69.2 Å². The van der Waals surface area contributed by atoms with Gasteiger partial charge >= 0.3 is 0 Å². The Bertz CT molecular complexity index is 1350. The molecule has 2 amide bonds. The lowest BCUT2D eigenvalue weighted by Gasteiger charge is -2.32. The summed E-state index contributed by atoms with van der Waals surface area (Å²) in [6.45, 7) is 8.08. The molecule has 4 rings (SSSR count). The Hall–Kier alpha value is -3.16. The van der Waals surface area contributed by atoms with Gasteiger partial charge in [-0.15, -0.1) is 11.8 Å². The van der Waals surface area contributed by atoms with Crippen molar-refractivity contribution in [3.8, 4) is 0 Å². The zero-order chi connectivity index (χ0) is 27.9. The van der Waals surface area contributed by atoms with Crippen LogP contribution in [0.2, 0.25) is 5.02 Å². The van der Waals surface area contributed by atoms with Crippen LogP contribution in [0.3, 0.4) is 0 Å². The van der Waals surface area contributed by atoms with E-state index in [1.165, 1.54) is 0 Å². The van der Waals surface area contributed by atoms with E-state index in [1.54, 1.807) is 17.8 Å². The molecule has 2 heterocycles. The molecule has 2 aliphatic heterocycles. The van der Waals surface area contributed by atoms with E-state index < -0.39 is 0 Å². The molecule has 204 valence electrons. The molecule has 0 aliphatic carbocycles. The van der Waals surface area contributed by atoms with Crippen molar-refractivity contribution >= 4 is 46.6 Å². The number of carbonyl (C=O) groups excluding carboxylic acids is 2. The number of nitrogens with zero attached hydrogens (tertiary/aromatic N) is 3.